The summed E-state index contributed by atoms with van der Waals surface area (Å²) in [5.41, 5.74) is 0. The van der Waals surface area contributed by atoms with Gasteiger partial charge in [-0.2, -0.15) is 0 Å². The predicted octanol–water partition coefficient (Wildman–Crippen LogP) is 3.27. The molecule has 0 aliphatic heterocycles. The van der Waals surface area contributed by atoms with Gasteiger partial charge in [-0.3, -0.25) is 0 Å². The normalized spacial score (nSPS) is 11.9. The smallest absolute Gasteiger partial charge is 0.118 e. The molecule has 0 heterocycles. The lowest BCUT2D eigenvalue weighted by atomic mass is 10.3. The summed E-state index contributed by atoms with van der Waals surface area (Å²) in [4.78, 5) is 0. The zero-order valence-electron chi connectivity index (χ0n) is 8.55. The molecule has 0 unspecified atom stereocenters. The maximum Gasteiger partial charge on any atom is 0.118 e. The van der Waals surface area contributed by atoms with Crippen LogP contribution in [0.15, 0.2) is 24.3 Å². The quantitative estimate of drug-likeness (QED) is 0.607. The Balaban J connectivity index is 2.97. The second kappa shape index (κ2) is 4.81. The molecule has 78 valence electrons. The van der Waals surface area contributed by atoms with Crippen molar-refractivity contribution in [2.24, 2.45) is 0 Å². The average Bonchev–Trinajstić information content (AvgIpc) is 2.17. The first kappa shape index (κ1) is 12.3. The van der Waals surface area contributed by atoms with E-state index < -0.39 is 8.07 Å². The lowest BCUT2D eigenvalue weighted by molar-refractivity contribution is 0.415. The first-order valence-corrected chi connectivity index (χ1v) is 9.32. The van der Waals surface area contributed by atoms with Crippen molar-refractivity contribution in [3.8, 4) is 5.75 Å². The van der Waals surface area contributed by atoms with Crippen LogP contribution in [0.5, 0.6) is 5.75 Å². The molecule has 0 atom stereocenters. The molecule has 0 spiro atoms. The van der Waals surface area contributed by atoms with E-state index in [1.807, 2.05) is 12.1 Å². The van der Waals surface area contributed by atoms with E-state index >= 15 is 0 Å². The Labute approximate surface area is 103 Å². The van der Waals surface area contributed by atoms with E-state index in [4.69, 9.17) is 4.74 Å². The van der Waals surface area contributed by atoms with Crippen LogP contribution in [-0.4, -0.2) is 18.5 Å². The molecule has 0 aromatic heterocycles. The summed E-state index contributed by atoms with van der Waals surface area (Å²) < 4.78 is 5.53. The van der Waals surface area contributed by atoms with Crippen LogP contribution in [0.3, 0.4) is 0 Å². The lowest BCUT2D eigenvalue weighted by Gasteiger charge is -2.24. The monoisotopic (exact) mass is 336 g/mol. The van der Waals surface area contributed by atoms with Crippen LogP contribution in [0, 0.1) is 0 Å². The molecule has 0 aliphatic rings. The third kappa shape index (κ3) is 2.61. The van der Waals surface area contributed by atoms with Crippen LogP contribution >= 0.6 is 31.9 Å². The van der Waals surface area contributed by atoms with E-state index in [2.05, 4.69) is 57.1 Å². The highest BCUT2D eigenvalue weighted by Gasteiger charge is 2.29. The van der Waals surface area contributed by atoms with Crippen molar-refractivity contribution in [1.82, 2.24) is 0 Å². The fourth-order valence-electron chi connectivity index (χ4n) is 1.15. The highest BCUT2D eigenvalue weighted by molar-refractivity contribution is 9.25. The number of hydrogen-bond donors (Lipinski definition) is 0. The first-order chi connectivity index (χ1) is 6.48. The molecule has 0 aliphatic carbocycles. The van der Waals surface area contributed by atoms with Gasteiger partial charge in [0.15, 0.2) is 0 Å². The van der Waals surface area contributed by atoms with Gasteiger partial charge in [-0.05, 0) is 12.1 Å². The molecule has 1 nitrogen and oxygen atoms in total. The molecular weight excluding hydrogens is 324 g/mol. The Hall–Kier alpha value is 0.197. The van der Waals surface area contributed by atoms with Crippen LogP contribution in [0.1, 0.15) is 0 Å². The van der Waals surface area contributed by atoms with Gasteiger partial charge in [0.1, 0.15) is 13.8 Å². The minimum absolute atomic E-state index is 0.399. The third-order valence-electron chi connectivity index (χ3n) is 2.38. The van der Waals surface area contributed by atoms with Gasteiger partial charge in [0.25, 0.3) is 0 Å². The summed E-state index contributed by atoms with van der Waals surface area (Å²) in [7, 11) is 0.275. The largest absolute Gasteiger partial charge is 0.497 e. The summed E-state index contributed by atoms with van der Waals surface area (Å²) in [6, 6.07) is 8.35. The molecule has 1 aromatic carbocycles. The zero-order chi connectivity index (χ0) is 10.8. The standard InChI is InChI=1S/C10H14Br2OSi/c1-13-8-4-6-9(7-5-8)14(2,3)10(11)12/h4-7,10H,1-3H3. The number of hydrogen-bond acceptors (Lipinski definition) is 1. The van der Waals surface area contributed by atoms with Gasteiger partial charge in [-0.1, -0.05) is 62.3 Å². The number of rotatable bonds is 3. The summed E-state index contributed by atoms with van der Waals surface area (Å²) in [6.45, 7) is 4.64. The van der Waals surface area contributed by atoms with Crippen molar-refractivity contribution in [1.29, 1.82) is 0 Å². The predicted molar refractivity (Wildman–Crippen MR) is 71.8 cm³/mol. The number of halogens is 2. The molecule has 1 rings (SSSR count). The van der Waals surface area contributed by atoms with Crippen molar-refractivity contribution in [2.75, 3.05) is 7.11 Å². The second-order valence-electron chi connectivity index (χ2n) is 3.75. The van der Waals surface area contributed by atoms with E-state index in [9.17, 15) is 0 Å². The Bertz CT molecular complexity index is 295. The van der Waals surface area contributed by atoms with Gasteiger partial charge < -0.3 is 4.74 Å². The average molecular weight is 338 g/mol. The van der Waals surface area contributed by atoms with E-state index in [1.165, 1.54) is 5.19 Å². The highest BCUT2D eigenvalue weighted by atomic mass is 79.9. The van der Waals surface area contributed by atoms with Crippen molar-refractivity contribution in [3.05, 3.63) is 24.3 Å². The Kier molecular flexibility index (Phi) is 4.22. The second-order valence-corrected chi connectivity index (χ2v) is 13.1. The van der Waals surface area contributed by atoms with Gasteiger partial charge in [0.2, 0.25) is 0 Å². The molecule has 1 aromatic rings. The molecule has 0 N–H and O–H groups in total. The molecule has 0 saturated heterocycles. The minimum Gasteiger partial charge on any atom is -0.497 e. The fourth-order valence-corrected chi connectivity index (χ4v) is 4.01. The van der Waals surface area contributed by atoms with E-state index in [-0.39, 0.29) is 0 Å². The lowest BCUT2D eigenvalue weighted by Crippen LogP contribution is -2.47. The third-order valence-corrected chi connectivity index (χ3v) is 12.2. The van der Waals surface area contributed by atoms with Gasteiger partial charge in [-0.25, -0.2) is 0 Å². The Morgan fingerprint density at radius 3 is 2.00 bits per heavy atom. The Morgan fingerprint density at radius 1 is 1.14 bits per heavy atom. The van der Waals surface area contributed by atoms with Gasteiger partial charge in [0.05, 0.1) is 10.5 Å². The van der Waals surface area contributed by atoms with Gasteiger partial charge in [-0.15, -0.1) is 0 Å². The molecule has 0 bridgehead atoms. The molecule has 4 heteroatoms. The molecule has 0 saturated carbocycles. The fraction of sp³-hybridized carbons (Fsp3) is 0.400. The number of ether oxygens (including phenoxy) is 1. The van der Waals surface area contributed by atoms with Crippen molar-refractivity contribution in [3.63, 3.8) is 0 Å². The van der Waals surface area contributed by atoms with Gasteiger partial charge in [0, 0.05) is 0 Å². The number of methoxy groups -OCH3 is 1. The molecule has 14 heavy (non-hydrogen) atoms. The Morgan fingerprint density at radius 2 is 1.64 bits per heavy atom. The van der Waals surface area contributed by atoms with Crippen molar-refractivity contribution < 1.29 is 4.74 Å². The molecular formula is C10H14Br2OSi. The number of alkyl halides is 2. The van der Waals surface area contributed by atoms with Crippen LogP contribution in [0.25, 0.3) is 0 Å². The van der Waals surface area contributed by atoms with E-state index in [0.717, 1.165) is 5.75 Å². The summed E-state index contributed by atoms with van der Waals surface area (Å²) in [5, 5.41) is 1.41. The number of benzene rings is 1. The maximum atomic E-state index is 5.13. The molecule has 0 amide bonds. The topological polar surface area (TPSA) is 9.23 Å². The molecule has 0 radical (unpaired) electrons. The van der Waals surface area contributed by atoms with Crippen molar-refractivity contribution in [2.45, 2.75) is 16.5 Å². The summed E-state index contributed by atoms with van der Waals surface area (Å²) in [5.74, 6) is 0.916. The van der Waals surface area contributed by atoms with E-state index in [1.54, 1.807) is 7.11 Å². The first-order valence-electron chi connectivity index (χ1n) is 4.41. The molecule has 0 fully saturated rings. The maximum absolute atomic E-state index is 5.13. The van der Waals surface area contributed by atoms with Crippen LogP contribution in [-0.2, 0) is 0 Å². The minimum atomic E-state index is -1.41. The highest BCUT2D eigenvalue weighted by Crippen LogP contribution is 2.22. The van der Waals surface area contributed by atoms with Crippen molar-refractivity contribution >= 4 is 45.1 Å². The summed E-state index contributed by atoms with van der Waals surface area (Å²) >= 11 is 7.23. The van der Waals surface area contributed by atoms with Crippen LogP contribution in [0.4, 0.5) is 0 Å². The van der Waals surface area contributed by atoms with Gasteiger partial charge >= 0.3 is 0 Å². The van der Waals surface area contributed by atoms with Crippen LogP contribution in [0.2, 0.25) is 13.1 Å². The SMILES string of the molecule is COc1ccc([Si](C)(C)C(Br)Br)cc1. The summed E-state index contributed by atoms with van der Waals surface area (Å²) in [6.07, 6.45) is 0. The van der Waals surface area contributed by atoms with Crippen LogP contribution < -0.4 is 9.92 Å². The zero-order valence-corrected chi connectivity index (χ0v) is 12.7. The van der Waals surface area contributed by atoms with E-state index in [0.29, 0.717) is 3.36 Å².